The average Bonchev–Trinajstić information content (AvgIpc) is 2.34. The van der Waals surface area contributed by atoms with Crippen molar-refractivity contribution in [1.29, 1.82) is 0 Å². The molecular formula is C15H16F2N2. The van der Waals surface area contributed by atoms with Gasteiger partial charge in [-0.15, -0.1) is 0 Å². The van der Waals surface area contributed by atoms with Crippen molar-refractivity contribution in [3.8, 4) is 0 Å². The van der Waals surface area contributed by atoms with Crippen LogP contribution < -0.4 is 5.73 Å². The Kier molecular flexibility index (Phi) is 2.61. The van der Waals surface area contributed by atoms with Crippen molar-refractivity contribution in [2.24, 2.45) is 5.73 Å². The number of halogens is 2. The Hall–Kier alpha value is -1.55. The number of hydrogen-bond donors (Lipinski definition) is 1. The maximum atomic E-state index is 13.3. The number of nitrogens with zero attached hydrogens (tertiary/aromatic N) is 1. The second-order valence-corrected chi connectivity index (χ2v) is 5.52. The third-order valence-corrected chi connectivity index (χ3v) is 4.00. The lowest BCUT2D eigenvalue weighted by Crippen LogP contribution is -2.53. The van der Waals surface area contributed by atoms with E-state index >= 15 is 0 Å². The average molecular weight is 262 g/mol. The third-order valence-electron chi connectivity index (χ3n) is 4.00. The lowest BCUT2D eigenvalue weighted by molar-refractivity contribution is -0.123. The van der Waals surface area contributed by atoms with E-state index in [-0.39, 0.29) is 19.4 Å². The minimum Gasteiger partial charge on any atom is -0.330 e. The molecule has 3 rings (SSSR count). The zero-order chi connectivity index (χ0) is 13.7. The van der Waals surface area contributed by atoms with Crippen LogP contribution in [0, 0.1) is 6.92 Å². The summed E-state index contributed by atoms with van der Waals surface area (Å²) in [4.78, 5) is 4.45. The Morgan fingerprint density at radius 2 is 1.95 bits per heavy atom. The molecule has 0 spiro atoms. The Labute approximate surface area is 110 Å². The number of benzene rings is 1. The standard InChI is InChI=1S/C15H16F2N2/c1-10-6-12(11-4-2-3-5-13(11)19-10)14(9-18)7-15(16,17)8-14/h2-6H,7-9,18H2,1H3. The summed E-state index contributed by atoms with van der Waals surface area (Å²) in [7, 11) is 0. The molecule has 0 saturated heterocycles. The molecule has 4 heteroatoms. The van der Waals surface area contributed by atoms with Gasteiger partial charge >= 0.3 is 0 Å². The zero-order valence-corrected chi connectivity index (χ0v) is 10.8. The van der Waals surface area contributed by atoms with E-state index in [4.69, 9.17) is 5.73 Å². The number of hydrogen-bond acceptors (Lipinski definition) is 2. The minimum absolute atomic E-state index is 0.163. The van der Waals surface area contributed by atoms with Gasteiger partial charge in [0.05, 0.1) is 5.52 Å². The van der Waals surface area contributed by atoms with Crippen LogP contribution >= 0.6 is 0 Å². The van der Waals surface area contributed by atoms with E-state index in [9.17, 15) is 8.78 Å². The molecule has 0 bridgehead atoms. The molecule has 2 N–H and O–H groups in total. The van der Waals surface area contributed by atoms with Crippen molar-refractivity contribution in [3.63, 3.8) is 0 Å². The smallest absolute Gasteiger partial charge is 0.250 e. The summed E-state index contributed by atoms with van der Waals surface area (Å²) >= 11 is 0. The van der Waals surface area contributed by atoms with Crippen LogP contribution in [0.5, 0.6) is 0 Å². The Morgan fingerprint density at radius 3 is 2.58 bits per heavy atom. The highest BCUT2D eigenvalue weighted by atomic mass is 19.3. The van der Waals surface area contributed by atoms with Crippen molar-refractivity contribution >= 4 is 10.9 Å². The van der Waals surface area contributed by atoms with Gasteiger partial charge in [-0.25, -0.2) is 8.78 Å². The molecule has 1 fully saturated rings. The van der Waals surface area contributed by atoms with Crippen LogP contribution in [0.2, 0.25) is 0 Å². The lowest BCUT2D eigenvalue weighted by atomic mass is 9.61. The van der Waals surface area contributed by atoms with Crippen LogP contribution in [0.1, 0.15) is 24.1 Å². The van der Waals surface area contributed by atoms with E-state index in [0.29, 0.717) is 0 Å². The summed E-state index contributed by atoms with van der Waals surface area (Å²) in [6.45, 7) is 2.13. The number of aryl methyl sites for hydroxylation is 1. The van der Waals surface area contributed by atoms with E-state index < -0.39 is 11.3 Å². The minimum atomic E-state index is -2.59. The van der Waals surface area contributed by atoms with Gasteiger partial charge in [0.25, 0.3) is 0 Å². The SMILES string of the molecule is Cc1cc(C2(CN)CC(F)(F)C2)c2ccccc2n1. The second kappa shape index (κ2) is 3.97. The summed E-state index contributed by atoms with van der Waals surface area (Å²) in [6, 6.07) is 9.56. The summed E-state index contributed by atoms with van der Waals surface area (Å²) in [6.07, 6.45) is -0.326. The Balaban J connectivity index is 2.19. The van der Waals surface area contributed by atoms with Crippen molar-refractivity contribution < 1.29 is 8.78 Å². The van der Waals surface area contributed by atoms with Gasteiger partial charge in [-0.1, -0.05) is 18.2 Å². The third kappa shape index (κ3) is 1.91. The highest BCUT2D eigenvalue weighted by Gasteiger charge is 2.57. The fourth-order valence-electron chi connectivity index (χ4n) is 3.13. The maximum absolute atomic E-state index is 13.3. The number of para-hydroxylation sites is 1. The summed E-state index contributed by atoms with van der Waals surface area (Å²) in [5.41, 5.74) is 7.82. The number of alkyl halides is 2. The molecule has 100 valence electrons. The predicted molar refractivity (Wildman–Crippen MR) is 71.4 cm³/mol. The van der Waals surface area contributed by atoms with Gasteiger partial charge in [-0.2, -0.15) is 0 Å². The molecule has 0 aliphatic heterocycles. The van der Waals surface area contributed by atoms with Gasteiger partial charge in [0.15, 0.2) is 0 Å². The van der Waals surface area contributed by atoms with E-state index in [0.717, 1.165) is 22.2 Å². The number of fused-ring (bicyclic) bond motifs is 1. The van der Waals surface area contributed by atoms with E-state index in [1.54, 1.807) is 0 Å². The topological polar surface area (TPSA) is 38.9 Å². The highest BCUT2D eigenvalue weighted by molar-refractivity contribution is 5.83. The van der Waals surface area contributed by atoms with Gasteiger partial charge in [0.1, 0.15) is 0 Å². The highest BCUT2D eigenvalue weighted by Crippen LogP contribution is 2.54. The molecule has 19 heavy (non-hydrogen) atoms. The number of nitrogens with two attached hydrogens (primary N) is 1. The summed E-state index contributed by atoms with van der Waals surface area (Å²) in [5.74, 6) is -2.59. The molecular weight excluding hydrogens is 246 g/mol. The fourth-order valence-corrected chi connectivity index (χ4v) is 3.13. The van der Waals surface area contributed by atoms with Crippen LogP contribution in [0.4, 0.5) is 8.78 Å². The first-order valence-electron chi connectivity index (χ1n) is 6.41. The molecule has 1 aliphatic carbocycles. The number of aromatic nitrogens is 1. The van der Waals surface area contributed by atoms with Crippen LogP contribution in [0.15, 0.2) is 30.3 Å². The first kappa shape index (κ1) is 12.5. The second-order valence-electron chi connectivity index (χ2n) is 5.52. The molecule has 1 aromatic heterocycles. The fraction of sp³-hybridized carbons (Fsp3) is 0.400. The molecule has 0 atom stereocenters. The maximum Gasteiger partial charge on any atom is 0.250 e. The molecule has 0 amide bonds. The van der Waals surface area contributed by atoms with Crippen molar-refractivity contribution in [2.75, 3.05) is 6.54 Å². The van der Waals surface area contributed by atoms with Crippen molar-refractivity contribution in [3.05, 3.63) is 41.6 Å². The van der Waals surface area contributed by atoms with Crippen LogP contribution in [0.25, 0.3) is 10.9 Å². The molecule has 0 radical (unpaired) electrons. The van der Waals surface area contributed by atoms with E-state index in [2.05, 4.69) is 4.98 Å². The number of pyridine rings is 1. The molecule has 2 aromatic rings. The van der Waals surface area contributed by atoms with Crippen molar-refractivity contribution in [1.82, 2.24) is 4.98 Å². The molecule has 1 aliphatic rings. The monoisotopic (exact) mass is 262 g/mol. The molecule has 0 unspecified atom stereocenters. The van der Waals surface area contributed by atoms with Crippen molar-refractivity contribution in [2.45, 2.75) is 31.1 Å². The van der Waals surface area contributed by atoms with Crippen LogP contribution in [-0.4, -0.2) is 17.5 Å². The largest absolute Gasteiger partial charge is 0.330 e. The molecule has 1 saturated carbocycles. The predicted octanol–water partition coefficient (Wildman–Crippen LogP) is 3.17. The lowest BCUT2D eigenvalue weighted by Gasteiger charge is -2.47. The zero-order valence-electron chi connectivity index (χ0n) is 10.8. The first-order chi connectivity index (χ1) is 8.96. The van der Waals surface area contributed by atoms with Gasteiger partial charge in [0.2, 0.25) is 5.92 Å². The Morgan fingerprint density at radius 1 is 1.26 bits per heavy atom. The molecule has 2 nitrogen and oxygen atoms in total. The van der Waals surface area contributed by atoms with Gasteiger partial charge in [0, 0.05) is 35.9 Å². The molecule has 1 aromatic carbocycles. The van der Waals surface area contributed by atoms with Crippen LogP contribution in [0.3, 0.4) is 0 Å². The van der Waals surface area contributed by atoms with Crippen LogP contribution in [-0.2, 0) is 5.41 Å². The van der Waals surface area contributed by atoms with Gasteiger partial charge in [-0.05, 0) is 24.6 Å². The van der Waals surface area contributed by atoms with E-state index in [1.807, 2.05) is 37.3 Å². The van der Waals surface area contributed by atoms with Gasteiger partial charge in [-0.3, -0.25) is 4.98 Å². The van der Waals surface area contributed by atoms with E-state index in [1.165, 1.54) is 0 Å². The van der Waals surface area contributed by atoms with Gasteiger partial charge < -0.3 is 5.73 Å². The quantitative estimate of drug-likeness (QED) is 0.902. The normalized spacial score (nSPS) is 20.2. The Bertz CT molecular complexity index is 629. The first-order valence-corrected chi connectivity index (χ1v) is 6.41. The summed E-state index contributed by atoms with van der Waals surface area (Å²) < 4.78 is 26.7. The molecule has 1 heterocycles. The number of rotatable bonds is 2. The summed E-state index contributed by atoms with van der Waals surface area (Å²) in [5, 5.41) is 0.939.